The number of carbonyl (C=O) groups is 2. The third kappa shape index (κ3) is 7.91. The Kier molecular flexibility index (Phi) is 11.1. The van der Waals surface area contributed by atoms with Crippen LogP contribution in [0.1, 0.15) is 59.3 Å². The first-order valence-electron chi connectivity index (χ1n) is 10.3. The number of fused-ring (bicyclic) bond motifs is 5. The Balaban J connectivity index is 0.000000242. The van der Waals surface area contributed by atoms with Gasteiger partial charge in [-0.15, -0.1) is 0 Å². The van der Waals surface area contributed by atoms with Gasteiger partial charge in [0.05, 0.1) is 13.2 Å². The van der Waals surface area contributed by atoms with Gasteiger partial charge in [-0.3, -0.25) is 0 Å². The van der Waals surface area contributed by atoms with Crippen molar-refractivity contribution in [1.82, 2.24) is 5.32 Å². The van der Waals surface area contributed by atoms with Crippen LogP contribution in [0.2, 0.25) is 0 Å². The molecule has 0 spiro atoms. The van der Waals surface area contributed by atoms with Crippen LogP contribution in [-0.2, 0) is 14.3 Å². The molecule has 27 heavy (non-hydrogen) atoms. The summed E-state index contributed by atoms with van der Waals surface area (Å²) in [6, 6.07) is 0. The van der Waals surface area contributed by atoms with Gasteiger partial charge < -0.3 is 19.9 Å². The molecular weight excluding hydrogens is 346 g/mol. The molecule has 3 rings (SSSR count). The van der Waals surface area contributed by atoms with Gasteiger partial charge in [0.2, 0.25) is 0 Å². The largest absolute Gasteiger partial charge is 0.460 e. The lowest BCUT2D eigenvalue weighted by Gasteiger charge is -2.23. The molecule has 6 heteroatoms. The SMILES string of the molecule is C1CC2C3CCC(C3)C2C1.C=C(C)C(=O)OCCNC(=O)OCC.CCO. The van der Waals surface area contributed by atoms with E-state index in [-0.39, 0.29) is 19.8 Å². The Morgan fingerprint density at radius 1 is 1.07 bits per heavy atom. The van der Waals surface area contributed by atoms with Crippen molar-refractivity contribution in [3.63, 3.8) is 0 Å². The van der Waals surface area contributed by atoms with Crippen LogP contribution in [0, 0.1) is 23.7 Å². The minimum atomic E-state index is -0.515. The van der Waals surface area contributed by atoms with E-state index in [0.29, 0.717) is 12.2 Å². The fourth-order valence-electron chi connectivity index (χ4n) is 4.62. The van der Waals surface area contributed by atoms with Gasteiger partial charge >= 0.3 is 12.1 Å². The molecule has 0 aromatic rings. The Morgan fingerprint density at radius 2 is 1.63 bits per heavy atom. The zero-order valence-electron chi connectivity index (χ0n) is 17.2. The molecule has 0 aromatic heterocycles. The molecule has 0 heterocycles. The summed E-state index contributed by atoms with van der Waals surface area (Å²) in [7, 11) is 0. The number of ether oxygens (including phenoxy) is 2. The smallest absolute Gasteiger partial charge is 0.407 e. The predicted molar refractivity (Wildman–Crippen MR) is 105 cm³/mol. The van der Waals surface area contributed by atoms with E-state index in [1.165, 1.54) is 23.7 Å². The minimum Gasteiger partial charge on any atom is -0.460 e. The molecular formula is C21H37NO5. The second kappa shape index (κ2) is 12.8. The third-order valence-corrected chi connectivity index (χ3v) is 5.58. The Labute approximate surface area is 163 Å². The van der Waals surface area contributed by atoms with Crippen LogP contribution in [0.4, 0.5) is 4.79 Å². The normalized spacial score (nSPS) is 26.7. The minimum absolute atomic E-state index is 0.116. The average Bonchev–Trinajstić information content (AvgIpc) is 3.34. The fraction of sp³-hybridized carbons (Fsp3) is 0.810. The van der Waals surface area contributed by atoms with Gasteiger partial charge in [-0.05, 0) is 76.5 Å². The van der Waals surface area contributed by atoms with Gasteiger partial charge in [-0.25, -0.2) is 9.59 Å². The van der Waals surface area contributed by atoms with E-state index < -0.39 is 12.1 Å². The molecule has 0 saturated heterocycles. The molecule has 156 valence electrons. The highest BCUT2D eigenvalue weighted by molar-refractivity contribution is 5.86. The third-order valence-electron chi connectivity index (χ3n) is 5.58. The first-order chi connectivity index (χ1) is 12.9. The van der Waals surface area contributed by atoms with Crippen LogP contribution in [0.15, 0.2) is 12.2 Å². The number of aliphatic hydroxyl groups is 1. The lowest BCUT2D eigenvalue weighted by Crippen LogP contribution is -2.28. The van der Waals surface area contributed by atoms with Crippen LogP contribution in [0.3, 0.4) is 0 Å². The maximum Gasteiger partial charge on any atom is 0.407 e. The van der Waals surface area contributed by atoms with Gasteiger partial charge in [0.25, 0.3) is 0 Å². The maximum absolute atomic E-state index is 10.8. The van der Waals surface area contributed by atoms with Crippen molar-refractivity contribution in [2.75, 3.05) is 26.4 Å². The number of esters is 1. The van der Waals surface area contributed by atoms with Crippen LogP contribution in [0.25, 0.3) is 0 Å². The van der Waals surface area contributed by atoms with Crippen LogP contribution in [-0.4, -0.2) is 43.5 Å². The van der Waals surface area contributed by atoms with Crippen LogP contribution < -0.4 is 5.32 Å². The van der Waals surface area contributed by atoms with E-state index >= 15 is 0 Å². The summed E-state index contributed by atoms with van der Waals surface area (Å²) in [5.41, 5.74) is 0.334. The first kappa shape index (κ1) is 23.5. The highest BCUT2D eigenvalue weighted by Gasteiger charge is 2.48. The molecule has 6 nitrogen and oxygen atoms in total. The number of alkyl carbamates (subject to hydrolysis) is 1. The molecule has 2 bridgehead atoms. The second-order valence-electron chi connectivity index (χ2n) is 7.47. The van der Waals surface area contributed by atoms with E-state index in [4.69, 9.17) is 9.84 Å². The molecule has 3 fully saturated rings. The molecule has 0 radical (unpaired) electrons. The van der Waals surface area contributed by atoms with Gasteiger partial charge in [0.15, 0.2) is 0 Å². The zero-order chi connectivity index (χ0) is 20.2. The summed E-state index contributed by atoms with van der Waals surface area (Å²) >= 11 is 0. The number of amides is 1. The number of rotatable bonds is 5. The number of hydrogen-bond acceptors (Lipinski definition) is 5. The predicted octanol–water partition coefficient (Wildman–Crippen LogP) is 3.68. The molecule has 3 aliphatic rings. The van der Waals surface area contributed by atoms with Crippen molar-refractivity contribution in [1.29, 1.82) is 0 Å². The van der Waals surface area contributed by atoms with Gasteiger partial charge in [-0.2, -0.15) is 0 Å². The summed E-state index contributed by atoms with van der Waals surface area (Å²) < 4.78 is 9.31. The lowest BCUT2D eigenvalue weighted by molar-refractivity contribution is -0.138. The number of nitrogens with one attached hydrogen (secondary N) is 1. The summed E-state index contributed by atoms with van der Waals surface area (Å²) in [6.07, 6.45) is 9.02. The maximum atomic E-state index is 10.8. The molecule has 3 saturated carbocycles. The Hall–Kier alpha value is -1.56. The van der Waals surface area contributed by atoms with E-state index in [1.54, 1.807) is 59.3 Å². The molecule has 1 amide bonds. The van der Waals surface area contributed by atoms with E-state index in [1.807, 2.05) is 0 Å². The molecule has 4 unspecified atom stereocenters. The Bertz CT molecular complexity index is 463. The van der Waals surface area contributed by atoms with Gasteiger partial charge in [-0.1, -0.05) is 13.0 Å². The van der Waals surface area contributed by atoms with Crippen molar-refractivity contribution in [2.45, 2.75) is 59.3 Å². The van der Waals surface area contributed by atoms with Gasteiger partial charge in [0.1, 0.15) is 6.61 Å². The lowest BCUT2D eigenvalue weighted by atomic mass is 9.82. The molecule has 4 atom stereocenters. The van der Waals surface area contributed by atoms with Crippen molar-refractivity contribution in [3.05, 3.63) is 12.2 Å². The highest BCUT2D eigenvalue weighted by Crippen LogP contribution is 2.58. The van der Waals surface area contributed by atoms with E-state index in [2.05, 4.69) is 16.6 Å². The Morgan fingerprint density at radius 3 is 2.11 bits per heavy atom. The van der Waals surface area contributed by atoms with E-state index in [9.17, 15) is 9.59 Å². The van der Waals surface area contributed by atoms with Crippen LogP contribution >= 0.6 is 0 Å². The van der Waals surface area contributed by atoms with Crippen molar-refractivity contribution in [2.24, 2.45) is 23.7 Å². The molecule has 0 aliphatic heterocycles. The first-order valence-corrected chi connectivity index (χ1v) is 10.3. The second-order valence-corrected chi connectivity index (χ2v) is 7.47. The van der Waals surface area contributed by atoms with Crippen molar-refractivity contribution >= 4 is 12.1 Å². The summed E-state index contributed by atoms with van der Waals surface area (Å²) in [4.78, 5) is 21.6. The topological polar surface area (TPSA) is 84.9 Å². The number of hydrogen-bond donors (Lipinski definition) is 2. The average molecular weight is 384 g/mol. The quantitative estimate of drug-likeness (QED) is 0.430. The van der Waals surface area contributed by atoms with Crippen molar-refractivity contribution < 1.29 is 24.2 Å². The number of aliphatic hydroxyl groups excluding tert-OH is 1. The van der Waals surface area contributed by atoms with E-state index in [0.717, 1.165) is 0 Å². The fourth-order valence-corrected chi connectivity index (χ4v) is 4.62. The van der Waals surface area contributed by atoms with Crippen molar-refractivity contribution in [3.8, 4) is 0 Å². The molecule has 0 aromatic carbocycles. The molecule has 2 N–H and O–H groups in total. The van der Waals surface area contributed by atoms with Crippen LogP contribution in [0.5, 0.6) is 0 Å². The standard InChI is InChI=1S/C10H16.C9H15NO4.C2H6O/c1-2-9-7-4-5-8(6-7)10(9)3-1;1-4-13-9(12)10-5-6-14-8(11)7(2)3;1-2-3/h7-10H,1-6H2;2,4-6H2,1,3H3,(H,10,12);3H,2H2,1H3. The summed E-state index contributed by atoms with van der Waals surface area (Å²) in [5.74, 6) is 4.34. The summed E-state index contributed by atoms with van der Waals surface area (Å²) in [5, 5.41) is 9.98. The zero-order valence-corrected chi connectivity index (χ0v) is 17.2. The monoisotopic (exact) mass is 383 g/mol. The molecule has 3 aliphatic carbocycles. The van der Waals surface area contributed by atoms with Gasteiger partial charge in [0, 0.05) is 12.2 Å². The summed E-state index contributed by atoms with van der Waals surface area (Å²) in [6.45, 7) is 9.27. The highest BCUT2D eigenvalue weighted by atomic mass is 16.6. The number of carbonyl (C=O) groups excluding carboxylic acids is 2.